The van der Waals surface area contributed by atoms with E-state index in [-0.39, 0.29) is 13.1 Å². The van der Waals surface area contributed by atoms with Gasteiger partial charge in [-0.05, 0) is 13.0 Å². The maximum Gasteiger partial charge on any atom is 0.311 e. The van der Waals surface area contributed by atoms with Crippen LogP contribution in [0.4, 0.5) is 0 Å². The molecule has 0 saturated carbocycles. The molecule has 1 heterocycles. The molecule has 0 aromatic rings. The molecule has 1 rings (SSSR count). The van der Waals surface area contributed by atoms with Crippen LogP contribution in [0.1, 0.15) is 6.42 Å². The van der Waals surface area contributed by atoms with Gasteiger partial charge in [0.1, 0.15) is 0 Å². The van der Waals surface area contributed by atoms with Crippen LogP contribution in [-0.4, -0.2) is 70.7 Å². The Kier molecular flexibility index (Phi) is 6.19. The van der Waals surface area contributed by atoms with Crippen LogP contribution in [0, 0.1) is 0 Å². The number of sulfonamides is 1. The van der Waals surface area contributed by atoms with E-state index in [2.05, 4.69) is 15.4 Å². The summed E-state index contributed by atoms with van der Waals surface area (Å²) in [6, 6.07) is 0. The molecule has 0 unspecified atom stereocenters. The van der Waals surface area contributed by atoms with Crippen molar-refractivity contribution in [2.45, 2.75) is 6.42 Å². The molecule has 9 heteroatoms. The van der Waals surface area contributed by atoms with Gasteiger partial charge in [-0.2, -0.15) is 0 Å². The summed E-state index contributed by atoms with van der Waals surface area (Å²) in [5, 5.41) is 5.53. The first-order valence-electron chi connectivity index (χ1n) is 6.12. The molecule has 0 aromatic heterocycles. The highest BCUT2D eigenvalue weighted by Crippen LogP contribution is 1.96. The van der Waals surface area contributed by atoms with Gasteiger partial charge in [-0.25, -0.2) is 13.1 Å². The minimum atomic E-state index is -3.27. The second kappa shape index (κ2) is 7.41. The Morgan fingerprint density at radius 2 is 1.95 bits per heavy atom. The Labute approximate surface area is 113 Å². The average Bonchev–Trinajstić information content (AvgIpc) is 2.61. The normalized spacial score (nSPS) is 16.8. The van der Waals surface area contributed by atoms with Crippen molar-refractivity contribution in [3.05, 3.63) is 0 Å². The first-order chi connectivity index (χ1) is 8.90. The van der Waals surface area contributed by atoms with Crippen LogP contribution in [0.2, 0.25) is 0 Å². The summed E-state index contributed by atoms with van der Waals surface area (Å²) in [7, 11) is -3.27. The van der Waals surface area contributed by atoms with Crippen LogP contribution in [0.25, 0.3) is 0 Å². The SMILES string of the molecule is CS(=O)(=O)NCCNC(=O)C(=O)N1CCCNCC1. The Morgan fingerprint density at radius 3 is 2.63 bits per heavy atom. The molecule has 0 spiro atoms. The summed E-state index contributed by atoms with van der Waals surface area (Å²) in [5.41, 5.74) is 0. The van der Waals surface area contributed by atoms with Crippen molar-refractivity contribution < 1.29 is 18.0 Å². The van der Waals surface area contributed by atoms with Gasteiger partial charge in [0.2, 0.25) is 10.0 Å². The standard InChI is InChI=1S/C10H20N4O4S/c1-19(17,18)13-5-4-12-9(15)10(16)14-7-2-3-11-6-8-14/h11,13H,2-8H2,1H3,(H,12,15). The third-order valence-electron chi connectivity index (χ3n) is 2.60. The molecular formula is C10H20N4O4S. The lowest BCUT2D eigenvalue weighted by molar-refractivity contribution is -0.145. The Morgan fingerprint density at radius 1 is 1.21 bits per heavy atom. The van der Waals surface area contributed by atoms with Crippen LogP contribution in [0.3, 0.4) is 0 Å². The third kappa shape index (κ3) is 6.50. The number of carbonyl (C=O) groups excluding carboxylic acids is 2. The first kappa shape index (κ1) is 15.9. The van der Waals surface area contributed by atoms with E-state index in [9.17, 15) is 18.0 Å². The van der Waals surface area contributed by atoms with Gasteiger partial charge in [-0.1, -0.05) is 0 Å². The zero-order chi connectivity index (χ0) is 14.3. The van der Waals surface area contributed by atoms with Gasteiger partial charge in [0, 0.05) is 32.7 Å². The second-order valence-corrected chi connectivity index (χ2v) is 6.15. The van der Waals surface area contributed by atoms with E-state index in [1.807, 2.05) is 0 Å². The van der Waals surface area contributed by atoms with Crippen LogP contribution in [0.15, 0.2) is 0 Å². The van der Waals surface area contributed by atoms with Gasteiger partial charge in [-0.3, -0.25) is 9.59 Å². The first-order valence-corrected chi connectivity index (χ1v) is 8.02. The van der Waals surface area contributed by atoms with Gasteiger partial charge in [0.25, 0.3) is 0 Å². The zero-order valence-electron chi connectivity index (χ0n) is 10.9. The fourth-order valence-electron chi connectivity index (χ4n) is 1.68. The number of hydrogen-bond acceptors (Lipinski definition) is 5. The molecule has 110 valence electrons. The molecule has 0 atom stereocenters. The number of amides is 2. The minimum Gasteiger partial charge on any atom is -0.347 e. The molecule has 1 saturated heterocycles. The van der Waals surface area contributed by atoms with Crippen LogP contribution in [0.5, 0.6) is 0 Å². The smallest absolute Gasteiger partial charge is 0.311 e. The minimum absolute atomic E-state index is 0.0689. The van der Waals surface area contributed by atoms with Crippen LogP contribution < -0.4 is 15.4 Å². The van der Waals surface area contributed by atoms with Crippen molar-refractivity contribution in [2.24, 2.45) is 0 Å². The van der Waals surface area contributed by atoms with Crippen molar-refractivity contribution in [2.75, 3.05) is 45.5 Å². The van der Waals surface area contributed by atoms with E-state index in [0.717, 1.165) is 19.2 Å². The molecule has 1 fully saturated rings. The highest BCUT2D eigenvalue weighted by Gasteiger charge is 2.21. The summed E-state index contributed by atoms with van der Waals surface area (Å²) in [6.07, 6.45) is 1.85. The summed E-state index contributed by atoms with van der Waals surface area (Å²) in [5.74, 6) is -1.26. The average molecular weight is 292 g/mol. The number of rotatable bonds is 4. The predicted molar refractivity (Wildman–Crippen MR) is 69.9 cm³/mol. The van der Waals surface area contributed by atoms with Gasteiger partial charge >= 0.3 is 11.8 Å². The summed E-state index contributed by atoms with van der Waals surface area (Å²) in [6.45, 7) is 2.73. The molecule has 8 nitrogen and oxygen atoms in total. The molecule has 0 bridgehead atoms. The third-order valence-corrected chi connectivity index (χ3v) is 3.32. The Hall–Kier alpha value is -1.19. The number of hydrogen-bond donors (Lipinski definition) is 3. The lowest BCUT2D eigenvalue weighted by Crippen LogP contribution is -2.46. The summed E-state index contributed by atoms with van der Waals surface area (Å²) < 4.78 is 23.8. The largest absolute Gasteiger partial charge is 0.347 e. The van der Waals surface area contributed by atoms with Crippen molar-refractivity contribution >= 4 is 21.8 Å². The van der Waals surface area contributed by atoms with Crippen molar-refractivity contribution in [3.63, 3.8) is 0 Å². The van der Waals surface area contributed by atoms with Gasteiger partial charge in [-0.15, -0.1) is 0 Å². The Bertz CT molecular complexity index is 415. The predicted octanol–water partition coefficient (Wildman–Crippen LogP) is -2.53. The van der Waals surface area contributed by atoms with E-state index >= 15 is 0 Å². The Balaban J connectivity index is 2.30. The highest BCUT2D eigenvalue weighted by molar-refractivity contribution is 7.88. The quantitative estimate of drug-likeness (QED) is 0.391. The molecule has 1 aliphatic heterocycles. The van der Waals surface area contributed by atoms with Crippen molar-refractivity contribution in [3.8, 4) is 0 Å². The van der Waals surface area contributed by atoms with Crippen LogP contribution in [-0.2, 0) is 19.6 Å². The lowest BCUT2D eigenvalue weighted by Gasteiger charge is -2.19. The summed E-state index contributed by atoms with van der Waals surface area (Å²) in [4.78, 5) is 24.9. The van der Waals surface area contributed by atoms with E-state index in [1.165, 1.54) is 4.90 Å². The van der Waals surface area contributed by atoms with Crippen LogP contribution >= 0.6 is 0 Å². The van der Waals surface area contributed by atoms with Crippen molar-refractivity contribution in [1.29, 1.82) is 0 Å². The monoisotopic (exact) mass is 292 g/mol. The zero-order valence-corrected chi connectivity index (χ0v) is 11.8. The van der Waals surface area contributed by atoms with Gasteiger partial charge < -0.3 is 15.5 Å². The van der Waals surface area contributed by atoms with Gasteiger partial charge in [0.15, 0.2) is 0 Å². The maximum absolute atomic E-state index is 11.8. The number of nitrogens with zero attached hydrogens (tertiary/aromatic N) is 1. The number of nitrogens with one attached hydrogen (secondary N) is 3. The fourth-order valence-corrected chi connectivity index (χ4v) is 2.15. The van der Waals surface area contributed by atoms with E-state index in [1.54, 1.807) is 0 Å². The lowest BCUT2D eigenvalue weighted by atomic mass is 10.3. The van der Waals surface area contributed by atoms with Gasteiger partial charge in [0.05, 0.1) is 6.26 Å². The molecule has 1 aliphatic rings. The molecule has 0 aliphatic carbocycles. The van der Waals surface area contributed by atoms with E-state index in [4.69, 9.17) is 0 Å². The number of carbonyl (C=O) groups is 2. The molecule has 2 amide bonds. The molecule has 3 N–H and O–H groups in total. The molecular weight excluding hydrogens is 272 g/mol. The molecule has 19 heavy (non-hydrogen) atoms. The van der Waals surface area contributed by atoms with Crippen molar-refractivity contribution in [1.82, 2.24) is 20.3 Å². The van der Waals surface area contributed by atoms with E-state index in [0.29, 0.717) is 19.6 Å². The second-order valence-electron chi connectivity index (χ2n) is 4.32. The molecule has 0 aromatic carbocycles. The topological polar surface area (TPSA) is 108 Å². The fraction of sp³-hybridized carbons (Fsp3) is 0.800. The highest BCUT2D eigenvalue weighted by atomic mass is 32.2. The maximum atomic E-state index is 11.8. The molecule has 0 radical (unpaired) electrons. The summed E-state index contributed by atoms with van der Waals surface area (Å²) >= 11 is 0. The van der Waals surface area contributed by atoms with E-state index < -0.39 is 21.8 Å².